The number of furan rings is 1. The normalized spacial score (nSPS) is 17.8. The number of benzene rings is 7. The van der Waals surface area contributed by atoms with Crippen LogP contribution in [0, 0.1) is 0 Å². The van der Waals surface area contributed by atoms with Crippen LogP contribution in [0.4, 0.5) is 0 Å². The average Bonchev–Trinajstić information content (AvgIpc) is 3.51. The Balaban J connectivity index is 1.68. The van der Waals surface area contributed by atoms with Crippen molar-refractivity contribution in [1.29, 1.82) is 0 Å². The summed E-state index contributed by atoms with van der Waals surface area (Å²) in [5.41, 5.74) is -0.151. The zero-order valence-electron chi connectivity index (χ0n) is 34.9. The van der Waals surface area contributed by atoms with Crippen LogP contribution in [0.1, 0.15) is 21.9 Å². The van der Waals surface area contributed by atoms with Crippen molar-refractivity contribution in [3.8, 4) is 22.3 Å². The molecule has 1 aromatic heterocycles. The van der Waals surface area contributed by atoms with Crippen LogP contribution in [-0.4, -0.2) is 0 Å². The van der Waals surface area contributed by atoms with Gasteiger partial charge in [0.2, 0.25) is 0 Å². The largest absolute Gasteiger partial charge is 0.455 e. The Labute approximate surface area is 236 Å². The van der Waals surface area contributed by atoms with Crippen molar-refractivity contribution in [2.45, 2.75) is 0 Å². The molecule has 0 aliphatic heterocycles. The van der Waals surface area contributed by atoms with Crippen molar-refractivity contribution in [1.82, 2.24) is 0 Å². The minimum Gasteiger partial charge on any atom is -0.455 e. The molecule has 37 heavy (non-hydrogen) atoms. The molecule has 1 heteroatoms. The van der Waals surface area contributed by atoms with Gasteiger partial charge in [0.25, 0.3) is 0 Å². The molecule has 0 aliphatic carbocycles. The monoisotopic (exact) mass is 486 g/mol. The molecule has 0 aliphatic rings. The molecule has 8 aromatic rings. The molecule has 8 rings (SSSR count). The summed E-state index contributed by atoms with van der Waals surface area (Å²) in [4.78, 5) is 0. The molecule has 0 saturated heterocycles. The lowest BCUT2D eigenvalue weighted by Gasteiger charge is -2.18. The first-order valence-electron chi connectivity index (χ1n) is 19.4. The first-order chi connectivity index (χ1) is 25.0. The van der Waals surface area contributed by atoms with Gasteiger partial charge in [-0.2, -0.15) is 0 Å². The van der Waals surface area contributed by atoms with Crippen molar-refractivity contribution in [2.75, 3.05) is 0 Å². The minimum atomic E-state index is -0.604. The summed E-state index contributed by atoms with van der Waals surface area (Å²) in [5.74, 6) is 0. The number of fused-ring (bicyclic) bond motifs is 6. The highest BCUT2D eigenvalue weighted by molar-refractivity contribution is 6.25. The molecule has 0 bridgehead atoms. The first-order valence-corrected chi connectivity index (χ1v) is 11.4. The molecular formula is C36H22O. The Bertz CT molecular complexity index is 2950. The topological polar surface area (TPSA) is 13.1 Å². The quantitative estimate of drug-likeness (QED) is 0.221. The summed E-state index contributed by atoms with van der Waals surface area (Å²) in [7, 11) is 0. The van der Waals surface area contributed by atoms with Crippen molar-refractivity contribution in [2.24, 2.45) is 0 Å². The van der Waals surface area contributed by atoms with Crippen molar-refractivity contribution in [3.63, 3.8) is 0 Å². The van der Waals surface area contributed by atoms with Crippen LogP contribution in [0.5, 0.6) is 0 Å². The molecule has 0 atom stereocenters. The number of rotatable bonds is 2. The van der Waals surface area contributed by atoms with Crippen molar-refractivity contribution >= 4 is 54.3 Å². The van der Waals surface area contributed by atoms with E-state index >= 15 is 0 Å². The third-order valence-corrected chi connectivity index (χ3v) is 6.60. The molecule has 1 nitrogen and oxygen atoms in total. The van der Waals surface area contributed by atoms with E-state index in [1.807, 2.05) is 0 Å². The number of hydrogen-bond acceptors (Lipinski definition) is 1. The van der Waals surface area contributed by atoms with E-state index in [0.717, 1.165) is 0 Å². The fourth-order valence-corrected chi connectivity index (χ4v) is 5.07. The number of hydrogen-bond donors (Lipinski definition) is 0. The van der Waals surface area contributed by atoms with Gasteiger partial charge in [0.15, 0.2) is 0 Å². The van der Waals surface area contributed by atoms with Gasteiger partial charge in [-0.1, -0.05) is 127 Å². The maximum absolute atomic E-state index is 9.20. The Morgan fingerprint density at radius 1 is 0.405 bits per heavy atom. The predicted molar refractivity (Wildman–Crippen MR) is 157 cm³/mol. The highest BCUT2D eigenvalue weighted by Gasteiger charge is 2.20. The zero-order chi connectivity index (χ0) is 38.3. The molecule has 1 heterocycles. The van der Waals surface area contributed by atoms with Crippen LogP contribution in [0.3, 0.4) is 0 Å². The molecule has 7 aromatic carbocycles. The smallest absolute Gasteiger partial charge is 0.143 e. The standard InChI is InChI=1S/C36H22O/c1-2-13-24-23(11-1)12-9-19-26(24)34-27-15-3-5-17-29(27)35(30-18-6-4-16-28(30)34)32-21-10-20-31-25-14-7-8-22-33(25)37-36(31)32/h1-22H/i1D,2D,3D,4D,5D,6D,7D,8D,9D,10D,11D,12D,14D,20D,21D,22D. The van der Waals surface area contributed by atoms with Crippen molar-refractivity contribution in [3.05, 3.63) is 133 Å². The van der Waals surface area contributed by atoms with E-state index in [-0.39, 0.29) is 119 Å². The second-order valence-corrected chi connectivity index (χ2v) is 8.47. The molecule has 0 radical (unpaired) electrons. The van der Waals surface area contributed by atoms with Crippen LogP contribution in [0.25, 0.3) is 76.5 Å². The SMILES string of the molecule is [2H]c1cc2c(-c3cc([2H])c([2H])c4c([2H])c([2H])c([2H])cc34)c3cc([2H])c([2H])cc3c(-c3c([2H])c([2H])c([2H])c4c3oc3c([2H])c([2H])c([2H])c([2H])c34)c2cc1[2H]. The molecule has 0 amide bonds. The molecular weight excluding hydrogens is 448 g/mol. The summed E-state index contributed by atoms with van der Waals surface area (Å²) in [6.07, 6.45) is 0. The predicted octanol–water partition coefficient (Wildman–Crippen LogP) is 10.4. The fraction of sp³-hybridized carbons (Fsp3) is 0. The highest BCUT2D eigenvalue weighted by atomic mass is 16.3. The molecule has 0 saturated carbocycles. The van der Waals surface area contributed by atoms with Crippen LogP contribution in [0.15, 0.2) is 137 Å². The van der Waals surface area contributed by atoms with Gasteiger partial charge in [0.05, 0.1) is 21.9 Å². The third-order valence-electron chi connectivity index (χ3n) is 6.60. The first kappa shape index (κ1) is 10.2. The molecule has 0 unspecified atom stereocenters. The van der Waals surface area contributed by atoms with Gasteiger partial charge in [-0.25, -0.2) is 0 Å². The van der Waals surface area contributed by atoms with Gasteiger partial charge in [-0.3, -0.25) is 0 Å². The second-order valence-electron chi connectivity index (χ2n) is 8.47. The Morgan fingerprint density at radius 2 is 0.973 bits per heavy atom. The zero-order valence-corrected chi connectivity index (χ0v) is 18.9. The summed E-state index contributed by atoms with van der Waals surface area (Å²) in [6.45, 7) is 0. The van der Waals surface area contributed by atoms with Gasteiger partial charge in [0.1, 0.15) is 11.2 Å². The van der Waals surface area contributed by atoms with Gasteiger partial charge in [0, 0.05) is 21.9 Å². The summed E-state index contributed by atoms with van der Waals surface area (Å²) < 4.78 is 144. The van der Waals surface area contributed by atoms with Gasteiger partial charge >= 0.3 is 0 Å². The Morgan fingerprint density at radius 3 is 1.73 bits per heavy atom. The van der Waals surface area contributed by atoms with Gasteiger partial charge < -0.3 is 4.42 Å². The number of para-hydroxylation sites is 2. The minimum absolute atomic E-state index is 0.0764. The summed E-state index contributed by atoms with van der Waals surface area (Å²) in [6, 6.07) is 1.15. The second kappa shape index (κ2) is 7.81. The van der Waals surface area contributed by atoms with E-state index in [4.69, 9.17) is 25.0 Å². The fourth-order valence-electron chi connectivity index (χ4n) is 5.07. The molecule has 0 spiro atoms. The van der Waals surface area contributed by atoms with E-state index in [1.54, 1.807) is 0 Å². The van der Waals surface area contributed by atoms with E-state index in [0.29, 0.717) is 0 Å². The summed E-state index contributed by atoms with van der Waals surface area (Å²) in [5, 5.41) is 0.518. The lowest BCUT2D eigenvalue weighted by molar-refractivity contribution is 0.670. The third kappa shape index (κ3) is 2.92. The van der Waals surface area contributed by atoms with Crippen LogP contribution >= 0.6 is 0 Å². The Hall–Kier alpha value is -4.88. The Kier molecular flexibility index (Phi) is 2.16. The molecule has 0 N–H and O–H groups in total. The maximum Gasteiger partial charge on any atom is 0.143 e. The molecule has 172 valence electrons. The van der Waals surface area contributed by atoms with E-state index < -0.39 is 54.4 Å². The molecule has 0 fully saturated rings. The van der Waals surface area contributed by atoms with Gasteiger partial charge in [-0.05, 0) is 49.5 Å². The van der Waals surface area contributed by atoms with E-state index in [1.165, 1.54) is 36.4 Å². The lowest BCUT2D eigenvalue weighted by atomic mass is 9.84. The lowest BCUT2D eigenvalue weighted by Crippen LogP contribution is -1.91. The highest BCUT2D eigenvalue weighted by Crippen LogP contribution is 2.47. The van der Waals surface area contributed by atoms with E-state index in [9.17, 15) is 1.37 Å². The van der Waals surface area contributed by atoms with E-state index in [2.05, 4.69) is 0 Å². The summed E-state index contributed by atoms with van der Waals surface area (Å²) >= 11 is 0. The average molecular weight is 487 g/mol. The maximum atomic E-state index is 9.20. The van der Waals surface area contributed by atoms with Crippen LogP contribution in [0.2, 0.25) is 0 Å². The van der Waals surface area contributed by atoms with Crippen LogP contribution < -0.4 is 0 Å². The van der Waals surface area contributed by atoms with Crippen LogP contribution in [-0.2, 0) is 0 Å². The van der Waals surface area contributed by atoms with Gasteiger partial charge in [-0.15, -0.1) is 0 Å². The van der Waals surface area contributed by atoms with Crippen molar-refractivity contribution < 1.29 is 26.3 Å².